The molecule has 5 nitrogen and oxygen atoms in total. The predicted octanol–water partition coefficient (Wildman–Crippen LogP) is 4.37. The lowest BCUT2D eigenvalue weighted by molar-refractivity contribution is -0.122. The van der Waals surface area contributed by atoms with Crippen molar-refractivity contribution in [3.63, 3.8) is 0 Å². The molecule has 0 saturated heterocycles. The van der Waals surface area contributed by atoms with Gasteiger partial charge in [-0.1, -0.05) is 48.4 Å². The number of ether oxygens (including phenoxy) is 1. The number of amides is 1. The summed E-state index contributed by atoms with van der Waals surface area (Å²) in [6.45, 7) is 5.66. The first-order chi connectivity index (χ1) is 10.4. The maximum absolute atomic E-state index is 12.1. The van der Waals surface area contributed by atoms with Crippen molar-refractivity contribution in [2.24, 2.45) is 0 Å². The molecule has 2 rings (SSSR count). The highest BCUT2D eigenvalue weighted by molar-refractivity contribution is 7.15. The maximum Gasteiger partial charge on any atom is 0.266 e. The minimum Gasteiger partial charge on any atom is -0.479 e. The third kappa shape index (κ3) is 4.32. The van der Waals surface area contributed by atoms with Crippen LogP contribution in [0.25, 0.3) is 0 Å². The van der Waals surface area contributed by atoms with E-state index in [2.05, 4.69) is 15.5 Å². The number of nitrogens with zero attached hydrogens (tertiary/aromatic N) is 2. The van der Waals surface area contributed by atoms with Crippen LogP contribution in [0.2, 0.25) is 10.0 Å². The van der Waals surface area contributed by atoms with Gasteiger partial charge in [0.05, 0.1) is 5.02 Å². The third-order valence-electron chi connectivity index (χ3n) is 2.73. The molecule has 8 heteroatoms. The molecule has 1 heterocycles. The van der Waals surface area contributed by atoms with Gasteiger partial charge in [0, 0.05) is 10.9 Å². The van der Waals surface area contributed by atoms with E-state index in [0.717, 1.165) is 5.01 Å². The minimum absolute atomic E-state index is 0.268. The largest absolute Gasteiger partial charge is 0.479 e. The van der Waals surface area contributed by atoms with Crippen LogP contribution in [0, 0.1) is 0 Å². The van der Waals surface area contributed by atoms with Gasteiger partial charge >= 0.3 is 0 Å². The summed E-state index contributed by atoms with van der Waals surface area (Å²) in [6.07, 6.45) is -0.731. The molecule has 1 atom stereocenters. The molecule has 0 saturated carbocycles. The number of nitrogens with one attached hydrogen (secondary N) is 1. The third-order valence-corrected chi connectivity index (χ3v) is 4.40. The van der Waals surface area contributed by atoms with Gasteiger partial charge in [-0.15, -0.1) is 10.2 Å². The van der Waals surface area contributed by atoms with Crippen LogP contribution in [-0.4, -0.2) is 22.2 Å². The van der Waals surface area contributed by atoms with Crippen LogP contribution in [0.5, 0.6) is 5.75 Å². The highest BCUT2D eigenvalue weighted by Gasteiger charge is 2.18. The normalized spacial score (nSPS) is 12.3. The Labute approximate surface area is 142 Å². The lowest BCUT2D eigenvalue weighted by Gasteiger charge is -2.14. The van der Waals surface area contributed by atoms with Crippen molar-refractivity contribution in [2.75, 3.05) is 5.32 Å². The van der Waals surface area contributed by atoms with E-state index in [0.29, 0.717) is 20.9 Å². The van der Waals surface area contributed by atoms with Gasteiger partial charge in [-0.25, -0.2) is 0 Å². The van der Waals surface area contributed by atoms with Crippen molar-refractivity contribution in [2.45, 2.75) is 32.8 Å². The zero-order chi connectivity index (χ0) is 16.3. The molecule has 2 aromatic rings. The summed E-state index contributed by atoms with van der Waals surface area (Å²) < 4.78 is 5.54. The standard InChI is InChI=1S/C14H15Cl2N3O2S/c1-7(2)13-18-19-14(22-13)17-12(20)8(3)21-11-5-4-9(15)6-10(11)16/h4-8H,1-3H3,(H,17,19,20)/t8-/m1/s1. The van der Waals surface area contributed by atoms with Crippen molar-refractivity contribution >= 4 is 45.6 Å². The summed E-state index contributed by atoms with van der Waals surface area (Å²) in [5.41, 5.74) is 0. The predicted molar refractivity (Wildman–Crippen MR) is 89.2 cm³/mol. The van der Waals surface area contributed by atoms with Gasteiger partial charge < -0.3 is 4.74 Å². The van der Waals surface area contributed by atoms with Gasteiger partial charge in [0.25, 0.3) is 5.91 Å². The highest BCUT2D eigenvalue weighted by atomic mass is 35.5. The van der Waals surface area contributed by atoms with Crippen molar-refractivity contribution in [1.29, 1.82) is 0 Å². The van der Waals surface area contributed by atoms with E-state index in [-0.39, 0.29) is 11.8 Å². The molecular weight excluding hydrogens is 345 g/mol. The van der Waals surface area contributed by atoms with Gasteiger partial charge in [-0.3, -0.25) is 10.1 Å². The van der Waals surface area contributed by atoms with Crippen LogP contribution in [-0.2, 0) is 4.79 Å². The molecule has 1 aromatic carbocycles. The zero-order valence-corrected chi connectivity index (χ0v) is 14.6. The molecule has 1 aromatic heterocycles. The van der Waals surface area contributed by atoms with Gasteiger partial charge in [0.15, 0.2) is 6.10 Å². The molecule has 0 aliphatic rings. The number of anilines is 1. The summed E-state index contributed by atoms with van der Waals surface area (Å²) in [5.74, 6) is 0.344. The lowest BCUT2D eigenvalue weighted by atomic mass is 10.2. The average molecular weight is 360 g/mol. The van der Waals surface area contributed by atoms with Crippen LogP contribution < -0.4 is 10.1 Å². The number of benzene rings is 1. The van der Waals surface area contributed by atoms with Gasteiger partial charge in [0.2, 0.25) is 5.13 Å². The van der Waals surface area contributed by atoms with Crippen LogP contribution >= 0.6 is 34.5 Å². The summed E-state index contributed by atoms with van der Waals surface area (Å²) in [6, 6.07) is 4.83. The summed E-state index contributed by atoms with van der Waals surface area (Å²) in [5, 5.41) is 12.8. The Balaban J connectivity index is 1.99. The van der Waals surface area contributed by atoms with E-state index in [9.17, 15) is 4.79 Å². The first kappa shape index (κ1) is 17.0. The number of halogens is 2. The molecule has 0 aliphatic carbocycles. The molecule has 0 fully saturated rings. The fourth-order valence-corrected chi connectivity index (χ4v) is 2.74. The van der Waals surface area contributed by atoms with E-state index >= 15 is 0 Å². The molecule has 0 radical (unpaired) electrons. The highest BCUT2D eigenvalue weighted by Crippen LogP contribution is 2.28. The number of rotatable bonds is 5. The number of hydrogen-bond acceptors (Lipinski definition) is 5. The monoisotopic (exact) mass is 359 g/mol. The Bertz CT molecular complexity index is 676. The first-order valence-corrected chi connectivity index (χ1v) is 8.20. The Morgan fingerprint density at radius 2 is 2.00 bits per heavy atom. The van der Waals surface area contributed by atoms with Crippen LogP contribution in [0.15, 0.2) is 18.2 Å². The van der Waals surface area contributed by atoms with Crippen molar-refractivity contribution < 1.29 is 9.53 Å². The maximum atomic E-state index is 12.1. The first-order valence-electron chi connectivity index (χ1n) is 6.62. The fourth-order valence-electron chi connectivity index (χ4n) is 1.54. The topological polar surface area (TPSA) is 64.1 Å². The second kappa shape index (κ2) is 7.26. The molecular formula is C14H15Cl2N3O2S. The molecule has 0 aliphatic heterocycles. The Kier molecular flexibility index (Phi) is 5.61. The smallest absolute Gasteiger partial charge is 0.266 e. The van der Waals surface area contributed by atoms with Gasteiger partial charge in [0.1, 0.15) is 10.8 Å². The van der Waals surface area contributed by atoms with Crippen LogP contribution in [0.1, 0.15) is 31.7 Å². The van der Waals surface area contributed by atoms with E-state index in [1.54, 1.807) is 25.1 Å². The van der Waals surface area contributed by atoms with Gasteiger partial charge in [-0.05, 0) is 25.1 Å². The summed E-state index contributed by atoms with van der Waals surface area (Å²) >= 11 is 13.2. The Hall–Kier alpha value is -1.37. The number of hydrogen-bond donors (Lipinski definition) is 1. The minimum atomic E-state index is -0.731. The van der Waals surface area contributed by atoms with Gasteiger partial charge in [-0.2, -0.15) is 0 Å². The number of aromatic nitrogens is 2. The second-order valence-electron chi connectivity index (χ2n) is 4.92. The zero-order valence-electron chi connectivity index (χ0n) is 12.3. The van der Waals surface area contributed by atoms with Crippen molar-refractivity contribution in [3.05, 3.63) is 33.3 Å². The molecule has 118 valence electrons. The van der Waals surface area contributed by atoms with Crippen LogP contribution in [0.4, 0.5) is 5.13 Å². The molecule has 1 N–H and O–H groups in total. The molecule has 1 amide bonds. The van der Waals surface area contributed by atoms with Crippen molar-refractivity contribution in [1.82, 2.24) is 10.2 Å². The van der Waals surface area contributed by atoms with Crippen molar-refractivity contribution in [3.8, 4) is 5.75 Å². The van der Waals surface area contributed by atoms with E-state index in [1.165, 1.54) is 11.3 Å². The quantitative estimate of drug-likeness (QED) is 0.860. The van der Waals surface area contributed by atoms with E-state index in [1.807, 2.05) is 13.8 Å². The average Bonchev–Trinajstić information content (AvgIpc) is 2.90. The second-order valence-corrected chi connectivity index (χ2v) is 6.78. The lowest BCUT2D eigenvalue weighted by Crippen LogP contribution is -2.30. The van der Waals surface area contributed by atoms with Crippen LogP contribution in [0.3, 0.4) is 0 Å². The van der Waals surface area contributed by atoms with E-state index in [4.69, 9.17) is 27.9 Å². The molecule has 0 unspecified atom stereocenters. The summed E-state index contributed by atoms with van der Waals surface area (Å²) in [7, 11) is 0. The molecule has 0 bridgehead atoms. The van der Waals surface area contributed by atoms with E-state index < -0.39 is 6.10 Å². The Morgan fingerprint density at radius 1 is 1.27 bits per heavy atom. The molecule has 0 spiro atoms. The fraction of sp³-hybridized carbons (Fsp3) is 0.357. The number of carbonyl (C=O) groups is 1. The SMILES string of the molecule is CC(C)c1nnc(NC(=O)[C@@H](C)Oc2ccc(Cl)cc2Cl)s1. The summed E-state index contributed by atoms with van der Waals surface area (Å²) in [4.78, 5) is 12.1. The Morgan fingerprint density at radius 3 is 2.59 bits per heavy atom. The number of carbonyl (C=O) groups excluding carboxylic acids is 1. The molecule has 22 heavy (non-hydrogen) atoms.